The topological polar surface area (TPSA) is 93.0 Å². The van der Waals surface area contributed by atoms with Crippen molar-refractivity contribution < 1.29 is 14.2 Å². The number of H-pyrrole nitrogens is 1. The molecule has 1 saturated heterocycles. The Morgan fingerprint density at radius 1 is 1.67 bits per heavy atom. The van der Waals surface area contributed by atoms with E-state index in [2.05, 4.69) is 15.0 Å². The van der Waals surface area contributed by atoms with Crippen molar-refractivity contribution >= 4 is 11.2 Å². The van der Waals surface area contributed by atoms with E-state index in [4.69, 9.17) is 9.84 Å². The van der Waals surface area contributed by atoms with Gasteiger partial charge in [-0.25, -0.2) is 14.4 Å². The number of aromatic nitrogens is 4. The first-order chi connectivity index (χ1) is 8.63. The van der Waals surface area contributed by atoms with Crippen LogP contribution in [0.4, 0.5) is 4.39 Å². The van der Waals surface area contributed by atoms with Crippen molar-refractivity contribution in [2.45, 2.75) is 18.3 Å². The average Bonchev–Trinajstić information content (AvgIpc) is 2.94. The van der Waals surface area contributed by atoms with Gasteiger partial charge in [-0.15, -0.1) is 0 Å². The Morgan fingerprint density at radius 3 is 3.22 bits per heavy atom. The molecule has 1 aliphatic heterocycles. The van der Waals surface area contributed by atoms with E-state index in [1.165, 1.54) is 17.2 Å². The van der Waals surface area contributed by atoms with E-state index >= 15 is 0 Å². The number of nitrogens with zero attached hydrogens (tertiary/aromatic N) is 3. The van der Waals surface area contributed by atoms with Gasteiger partial charge >= 0.3 is 0 Å². The molecule has 18 heavy (non-hydrogen) atoms. The van der Waals surface area contributed by atoms with Crippen molar-refractivity contribution in [3.63, 3.8) is 0 Å². The third-order valence-electron chi connectivity index (χ3n) is 3.03. The van der Waals surface area contributed by atoms with Crippen molar-refractivity contribution in [3.8, 4) is 0 Å². The zero-order valence-corrected chi connectivity index (χ0v) is 9.34. The Balaban J connectivity index is 2.02. The van der Waals surface area contributed by atoms with Crippen molar-refractivity contribution in [2.75, 3.05) is 13.2 Å². The highest BCUT2D eigenvalue weighted by Gasteiger charge is 2.41. The van der Waals surface area contributed by atoms with Gasteiger partial charge in [0, 0.05) is 6.42 Å². The lowest BCUT2D eigenvalue weighted by molar-refractivity contribution is 0.0302. The lowest BCUT2D eigenvalue weighted by Gasteiger charge is -2.14. The van der Waals surface area contributed by atoms with Crippen LogP contribution in [0, 0.1) is 0 Å². The van der Waals surface area contributed by atoms with Gasteiger partial charge in [0.1, 0.15) is 6.23 Å². The van der Waals surface area contributed by atoms with Gasteiger partial charge in [0.05, 0.1) is 25.9 Å². The second-order valence-electron chi connectivity index (χ2n) is 4.33. The summed E-state index contributed by atoms with van der Waals surface area (Å²) in [5.74, 6) is 0. The third kappa shape index (κ3) is 1.61. The van der Waals surface area contributed by atoms with Gasteiger partial charge in [-0.05, 0) is 0 Å². The summed E-state index contributed by atoms with van der Waals surface area (Å²) in [6.45, 7) is -0.777. The largest absolute Gasteiger partial charge is 0.393 e. The average molecular weight is 254 g/mol. The molecule has 2 N–H and O–H groups in total. The third-order valence-corrected chi connectivity index (χ3v) is 3.03. The summed E-state index contributed by atoms with van der Waals surface area (Å²) in [5.41, 5.74) is -1.58. The molecule has 0 aliphatic carbocycles. The van der Waals surface area contributed by atoms with Crippen LogP contribution in [0.2, 0.25) is 0 Å². The van der Waals surface area contributed by atoms with Gasteiger partial charge in [0.25, 0.3) is 5.56 Å². The molecule has 1 fully saturated rings. The molecule has 3 rings (SSSR count). The Bertz CT molecular complexity index is 639. The van der Waals surface area contributed by atoms with E-state index in [1.54, 1.807) is 0 Å². The summed E-state index contributed by atoms with van der Waals surface area (Å²) in [6, 6.07) is 0. The van der Waals surface area contributed by atoms with Gasteiger partial charge < -0.3 is 14.8 Å². The molecular formula is C10H11FN4O3. The molecule has 2 aromatic rings. The molecule has 0 unspecified atom stereocenters. The Labute approximate surface area is 100 Å². The number of alkyl halides is 1. The number of halogens is 1. The number of nitrogens with one attached hydrogen (secondary N) is 1. The molecule has 0 saturated carbocycles. The fourth-order valence-corrected chi connectivity index (χ4v) is 2.04. The molecular weight excluding hydrogens is 243 g/mol. The van der Waals surface area contributed by atoms with Crippen LogP contribution in [0.25, 0.3) is 11.2 Å². The maximum atomic E-state index is 13.9. The monoisotopic (exact) mass is 254 g/mol. The molecule has 3 heterocycles. The van der Waals surface area contributed by atoms with Crippen molar-refractivity contribution in [1.29, 1.82) is 0 Å². The molecule has 1 aliphatic rings. The zero-order valence-electron chi connectivity index (χ0n) is 9.34. The van der Waals surface area contributed by atoms with Gasteiger partial charge in [-0.3, -0.25) is 9.36 Å². The Kier molecular flexibility index (Phi) is 2.42. The SMILES string of the molecule is O=c1[nH]cnc2c1ncn2[C@@H]1C[C@](F)(CO)CO1. The van der Waals surface area contributed by atoms with Gasteiger partial charge in [-0.2, -0.15) is 0 Å². The Hall–Kier alpha value is -1.80. The normalized spacial score (nSPS) is 28.0. The quantitative estimate of drug-likeness (QED) is 0.770. The summed E-state index contributed by atoms with van der Waals surface area (Å²) in [4.78, 5) is 21.8. The van der Waals surface area contributed by atoms with Crippen LogP contribution < -0.4 is 5.56 Å². The van der Waals surface area contributed by atoms with E-state index in [-0.39, 0.29) is 24.1 Å². The van der Waals surface area contributed by atoms with Crippen LogP contribution in [0.15, 0.2) is 17.4 Å². The highest BCUT2D eigenvalue weighted by atomic mass is 19.1. The van der Waals surface area contributed by atoms with Crippen molar-refractivity contribution in [1.82, 2.24) is 19.5 Å². The van der Waals surface area contributed by atoms with Crippen LogP contribution in [0.3, 0.4) is 0 Å². The van der Waals surface area contributed by atoms with Crippen molar-refractivity contribution in [2.24, 2.45) is 0 Å². The van der Waals surface area contributed by atoms with Crippen LogP contribution in [-0.4, -0.2) is 43.5 Å². The summed E-state index contributed by atoms with van der Waals surface area (Å²) >= 11 is 0. The second-order valence-corrected chi connectivity index (χ2v) is 4.33. The smallest absolute Gasteiger partial charge is 0.278 e. The molecule has 2 atom stereocenters. The van der Waals surface area contributed by atoms with E-state index in [0.29, 0.717) is 5.65 Å². The molecule has 96 valence electrons. The lowest BCUT2D eigenvalue weighted by atomic mass is 10.1. The molecule has 0 aromatic carbocycles. The number of hydrogen-bond donors (Lipinski definition) is 2. The number of ether oxygens (including phenoxy) is 1. The number of fused-ring (bicyclic) bond motifs is 1. The predicted octanol–water partition coefficient (Wildman–Crippen LogP) is -0.261. The minimum absolute atomic E-state index is 0.00341. The fraction of sp³-hybridized carbons (Fsp3) is 0.500. The summed E-state index contributed by atoms with van der Waals surface area (Å²) in [6.07, 6.45) is 2.04. The zero-order chi connectivity index (χ0) is 12.8. The van der Waals surface area contributed by atoms with E-state index in [0.717, 1.165) is 0 Å². The van der Waals surface area contributed by atoms with Crippen LogP contribution in [-0.2, 0) is 4.74 Å². The fourth-order valence-electron chi connectivity index (χ4n) is 2.04. The van der Waals surface area contributed by atoms with Gasteiger partial charge in [-0.1, -0.05) is 0 Å². The summed E-state index contributed by atoms with van der Waals surface area (Å²) in [5, 5.41) is 8.95. The maximum Gasteiger partial charge on any atom is 0.278 e. The minimum atomic E-state index is -1.75. The minimum Gasteiger partial charge on any atom is -0.393 e. The van der Waals surface area contributed by atoms with Crippen LogP contribution in [0.5, 0.6) is 0 Å². The molecule has 2 aromatic heterocycles. The molecule has 0 amide bonds. The van der Waals surface area contributed by atoms with Crippen LogP contribution >= 0.6 is 0 Å². The lowest BCUT2D eigenvalue weighted by Crippen LogP contribution is -2.27. The van der Waals surface area contributed by atoms with E-state index < -0.39 is 18.5 Å². The van der Waals surface area contributed by atoms with Crippen LogP contribution in [0.1, 0.15) is 12.6 Å². The highest BCUT2D eigenvalue weighted by Crippen LogP contribution is 2.34. The number of aliphatic hydroxyl groups excluding tert-OH is 1. The van der Waals surface area contributed by atoms with Gasteiger partial charge in [0.2, 0.25) is 0 Å². The Morgan fingerprint density at radius 2 is 2.50 bits per heavy atom. The summed E-state index contributed by atoms with van der Waals surface area (Å²) in [7, 11) is 0. The first-order valence-corrected chi connectivity index (χ1v) is 5.44. The molecule has 0 spiro atoms. The molecule has 8 heteroatoms. The van der Waals surface area contributed by atoms with E-state index in [9.17, 15) is 9.18 Å². The number of aliphatic hydroxyl groups is 1. The predicted molar refractivity (Wildman–Crippen MR) is 58.7 cm³/mol. The van der Waals surface area contributed by atoms with Crippen molar-refractivity contribution in [3.05, 3.63) is 23.0 Å². The number of hydrogen-bond acceptors (Lipinski definition) is 5. The number of imidazole rings is 1. The number of rotatable bonds is 2. The van der Waals surface area contributed by atoms with Gasteiger partial charge in [0.15, 0.2) is 16.8 Å². The van der Waals surface area contributed by atoms with E-state index in [1.807, 2.05) is 0 Å². The molecule has 0 bridgehead atoms. The second kappa shape index (κ2) is 3.85. The molecule has 0 radical (unpaired) electrons. The molecule has 7 nitrogen and oxygen atoms in total. The first kappa shape index (κ1) is 11.3. The highest BCUT2D eigenvalue weighted by molar-refractivity contribution is 5.68. The standard InChI is InChI=1S/C10H11FN4O3/c11-10(2-16)1-6(18-3-10)15-5-14-7-8(15)12-4-13-9(7)17/h4-6,16H,1-3H2,(H,12,13,17)/t6-,10-/m0/s1. The first-order valence-electron chi connectivity index (χ1n) is 5.44. The maximum absolute atomic E-state index is 13.9. The number of aromatic amines is 1. The summed E-state index contributed by atoms with van der Waals surface area (Å²) < 4.78 is 20.7.